The maximum Gasteiger partial charge on any atom is 0.00708 e. The van der Waals surface area contributed by atoms with Crippen LogP contribution in [0.25, 0.3) is 0 Å². The van der Waals surface area contributed by atoms with E-state index in [1.807, 2.05) is 0 Å². The predicted molar refractivity (Wildman–Crippen MR) is 74.2 cm³/mol. The fourth-order valence-corrected chi connectivity index (χ4v) is 2.31. The summed E-state index contributed by atoms with van der Waals surface area (Å²) in [7, 11) is 0. The highest BCUT2D eigenvalue weighted by Crippen LogP contribution is 2.22. The molecule has 1 aliphatic carbocycles. The van der Waals surface area contributed by atoms with Gasteiger partial charge in [-0.15, -0.1) is 0 Å². The van der Waals surface area contributed by atoms with Crippen LogP contribution in [0.1, 0.15) is 45.1 Å². The van der Waals surface area contributed by atoms with E-state index in [2.05, 4.69) is 49.5 Å². The van der Waals surface area contributed by atoms with Gasteiger partial charge in [-0.25, -0.2) is 0 Å². The molecule has 1 saturated carbocycles. The van der Waals surface area contributed by atoms with Gasteiger partial charge in [-0.05, 0) is 50.5 Å². The zero-order valence-electron chi connectivity index (χ0n) is 11.2. The lowest BCUT2D eigenvalue weighted by molar-refractivity contribution is 0.369. The molecule has 1 fully saturated rings. The normalized spacial score (nSPS) is 18.9. The quantitative estimate of drug-likeness (QED) is 0.753. The van der Waals surface area contributed by atoms with Gasteiger partial charge in [-0.2, -0.15) is 0 Å². The third-order valence-electron chi connectivity index (χ3n) is 3.90. The average Bonchev–Trinajstić information content (AvgIpc) is 3.14. The first-order chi connectivity index (χ1) is 8.25. The Morgan fingerprint density at radius 3 is 2.53 bits per heavy atom. The molecule has 1 heteroatoms. The number of benzene rings is 1. The van der Waals surface area contributed by atoms with Crippen LogP contribution in [-0.2, 0) is 6.42 Å². The fraction of sp³-hybridized carbons (Fsp3) is 0.625. The zero-order chi connectivity index (χ0) is 12.1. The first-order valence-electron chi connectivity index (χ1n) is 7.05. The first kappa shape index (κ1) is 12.6. The monoisotopic (exact) mass is 231 g/mol. The van der Waals surface area contributed by atoms with E-state index >= 15 is 0 Å². The van der Waals surface area contributed by atoms with Gasteiger partial charge in [0.2, 0.25) is 0 Å². The van der Waals surface area contributed by atoms with Gasteiger partial charge in [0.25, 0.3) is 0 Å². The van der Waals surface area contributed by atoms with Crippen LogP contribution in [0, 0.1) is 5.92 Å². The predicted octanol–water partition coefficient (Wildman–Crippen LogP) is 3.79. The summed E-state index contributed by atoms with van der Waals surface area (Å²) in [6.45, 7) is 4.72. The van der Waals surface area contributed by atoms with E-state index in [-0.39, 0.29) is 0 Å². The maximum atomic E-state index is 3.70. The van der Waals surface area contributed by atoms with Crippen molar-refractivity contribution in [3.8, 4) is 0 Å². The number of hydrogen-bond donors (Lipinski definition) is 1. The smallest absolute Gasteiger partial charge is 0.00708 e. The van der Waals surface area contributed by atoms with Gasteiger partial charge in [0.1, 0.15) is 0 Å². The Balaban J connectivity index is 1.63. The van der Waals surface area contributed by atoms with E-state index in [0.717, 1.165) is 12.0 Å². The van der Waals surface area contributed by atoms with Crippen LogP contribution < -0.4 is 5.32 Å². The summed E-state index contributed by atoms with van der Waals surface area (Å²) in [5, 5.41) is 3.70. The van der Waals surface area contributed by atoms with Crippen LogP contribution >= 0.6 is 0 Å². The zero-order valence-corrected chi connectivity index (χ0v) is 11.2. The summed E-state index contributed by atoms with van der Waals surface area (Å²) in [5.74, 6) is 0.791. The number of rotatable bonds is 7. The Kier molecular flexibility index (Phi) is 4.61. The molecule has 1 aliphatic rings. The van der Waals surface area contributed by atoms with Crippen LogP contribution in [0.3, 0.4) is 0 Å². The molecule has 0 heterocycles. The lowest BCUT2D eigenvalue weighted by atomic mass is 9.95. The Labute approximate surface area is 106 Å². The Morgan fingerprint density at radius 1 is 1.18 bits per heavy atom. The minimum Gasteiger partial charge on any atom is -0.311 e. The van der Waals surface area contributed by atoms with Gasteiger partial charge < -0.3 is 5.32 Å². The molecular weight excluding hydrogens is 206 g/mol. The van der Waals surface area contributed by atoms with Crippen molar-refractivity contribution in [2.45, 2.75) is 58.0 Å². The highest BCUT2D eigenvalue weighted by molar-refractivity contribution is 5.14. The largest absolute Gasteiger partial charge is 0.311 e. The Hall–Kier alpha value is -0.820. The molecule has 1 nitrogen and oxygen atoms in total. The topological polar surface area (TPSA) is 12.0 Å². The van der Waals surface area contributed by atoms with Gasteiger partial charge in [-0.1, -0.05) is 37.3 Å². The second kappa shape index (κ2) is 6.20. The van der Waals surface area contributed by atoms with Gasteiger partial charge in [0.05, 0.1) is 0 Å². The van der Waals surface area contributed by atoms with Gasteiger partial charge >= 0.3 is 0 Å². The van der Waals surface area contributed by atoms with Crippen molar-refractivity contribution in [1.29, 1.82) is 0 Å². The molecule has 0 spiro atoms. The fourth-order valence-electron chi connectivity index (χ4n) is 2.31. The standard InChI is InChI=1S/C16H25N/c1-13(14(2)17-16-11-12-16)7-6-10-15-8-4-3-5-9-15/h3-5,8-9,13-14,16-17H,6-7,10-12H2,1-2H3. The molecular formula is C16H25N. The summed E-state index contributed by atoms with van der Waals surface area (Å²) in [6, 6.07) is 12.3. The third kappa shape index (κ3) is 4.51. The molecule has 0 amide bonds. The second-order valence-corrected chi connectivity index (χ2v) is 5.58. The van der Waals surface area contributed by atoms with Crippen LogP contribution in [0.5, 0.6) is 0 Å². The molecule has 0 aromatic heterocycles. The number of nitrogens with one attached hydrogen (secondary N) is 1. The van der Waals surface area contributed by atoms with Gasteiger partial charge in [-0.3, -0.25) is 0 Å². The van der Waals surface area contributed by atoms with Crippen LogP contribution in [0.2, 0.25) is 0 Å². The summed E-state index contributed by atoms with van der Waals surface area (Å²) in [4.78, 5) is 0. The second-order valence-electron chi connectivity index (χ2n) is 5.58. The molecule has 1 N–H and O–H groups in total. The summed E-state index contributed by atoms with van der Waals surface area (Å²) in [5.41, 5.74) is 1.47. The Bertz CT molecular complexity index is 316. The van der Waals surface area contributed by atoms with Gasteiger partial charge in [0.15, 0.2) is 0 Å². The van der Waals surface area contributed by atoms with Crippen LogP contribution in [0.4, 0.5) is 0 Å². The molecule has 0 aliphatic heterocycles. The average molecular weight is 231 g/mol. The SMILES string of the molecule is CC(CCCc1ccccc1)C(C)NC1CC1. The summed E-state index contributed by atoms with van der Waals surface area (Å²) in [6.07, 6.45) is 6.64. The van der Waals surface area contributed by atoms with Crippen molar-refractivity contribution in [2.75, 3.05) is 0 Å². The molecule has 0 radical (unpaired) electrons. The molecule has 1 aromatic rings. The Morgan fingerprint density at radius 2 is 1.88 bits per heavy atom. The molecule has 94 valence electrons. The maximum absolute atomic E-state index is 3.70. The van der Waals surface area contributed by atoms with E-state index in [9.17, 15) is 0 Å². The van der Waals surface area contributed by atoms with Crippen LogP contribution in [-0.4, -0.2) is 12.1 Å². The third-order valence-corrected chi connectivity index (χ3v) is 3.90. The summed E-state index contributed by atoms with van der Waals surface area (Å²) < 4.78 is 0. The molecule has 2 unspecified atom stereocenters. The minimum absolute atomic E-state index is 0.679. The molecule has 0 bridgehead atoms. The van der Waals surface area contributed by atoms with E-state index in [4.69, 9.17) is 0 Å². The molecule has 0 saturated heterocycles. The molecule has 17 heavy (non-hydrogen) atoms. The van der Waals surface area contributed by atoms with Crippen molar-refractivity contribution < 1.29 is 0 Å². The highest BCUT2D eigenvalue weighted by Gasteiger charge is 2.24. The lowest BCUT2D eigenvalue weighted by Crippen LogP contribution is -2.33. The van der Waals surface area contributed by atoms with Crippen molar-refractivity contribution in [1.82, 2.24) is 5.32 Å². The van der Waals surface area contributed by atoms with E-state index in [1.165, 1.54) is 37.7 Å². The first-order valence-corrected chi connectivity index (χ1v) is 7.05. The molecule has 1 aromatic carbocycles. The van der Waals surface area contributed by atoms with E-state index in [0.29, 0.717) is 6.04 Å². The molecule has 2 rings (SSSR count). The van der Waals surface area contributed by atoms with E-state index in [1.54, 1.807) is 0 Å². The highest BCUT2D eigenvalue weighted by atomic mass is 15.0. The molecule has 2 atom stereocenters. The van der Waals surface area contributed by atoms with Gasteiger partial charge in [0, 0.05) is 12.1 Å². The number of hydrogen-bond acceptors (Lipinski definition) is 1. The number of aryl methyl sites for hydroxylation is 1. The minimum atomic E-state index is 0.679. The van der Waals surface area contributed by atoms with Crippen molar-refractivity contribution in [3.05, 3.63) is 35.9 Å². The van der Waals surface area contributed by atoms with Crippen molar-refractivity contribution in [3.63, 3.8) is 0 Å². The summed E-state index contributed by atoms with van der Waals surface area (Å²) >= 11 is 0. The van der Waals surface area contributed by atoms with Crippen LogP contribution in [0.15, 0.2) is 30.3 Å². The van der Waals surface area contributed by atoms with E-state index < -0.39 is 0 Å². The van der Waals surface area contributed by atoms with Crippen molar-refractivity contribution >= 4 is 0 Å². The lowest BCUT2D eigenvalue weighted by Gasteiger charge is -2.21. The van der Waals surface area contributed by atoms with Crippen molar-refractivity contribution in [2.24, 2.45) is 5.92 Å².